The van der Waals surface area contributed by atoms with Crippen LogP contribution in [0.2, 0.25) is 0 Å². The number of para-hydroxylation sites is 1. The molecule has 1 fully saturated rings. The second-order valence-corrected chi connectivity index (χ2v) is 7.90. The molecule has 4 rings (SSSR count). The highest BCUT2D eigenvalue weighted by Gasteiger charge is 2.29. The van der Waals surface area contributed by atoms with Crippen LogP contribution in [0.5, 0.6) is 5.88 Å². The number of morpholine rings is 1. The Hall–Kier alpha value is -1.61. The standard InChI is InChI=1S/C16H18ClN3O4S/c17-9-12-11-20-15-4-2-1-3-13(15)14(16(20)24-12)10-18-25(21,22)19-5-7-23-8-6-19/h1-4,10,12H,5-9,11H2/b18-10+. The number of rotatable bonds is 4. The van der Waals surface area contributed by atoms with Crippen LogP contribution >= 0.6 is 11.6 Å². The molecule has 1 saturated heterocycles. The molecule has 7 nitrogen and oxygen atoms in total. The van der Waals surface area contributed by atoms with Crippen LogP contribution < -0.4 is 4.74 Å². The number of ether oxygens (including phenoxy) is 2. The molecule has 25 heavy (non-hydrogen) atoms. The van der Waals surface area contributed by atoms with E-state index in [9.17, 15) is 8.42 Å². The minimum atomic E-state index is -3.73. The lowest BCUT2D eigenvalue weighted by atomic mass is 10.2. The highest BCUT2D eigenvalue weighted by molar-refractivity contribution is 7.87. The first-order valence-corrected chi connectivity index (χ1v) is 10.0. The van der Waals surface area contributed by atoms with E-state index in [0.717, 1.165) is 10.9 Å². The average Bonchev–Trinajstić information content (AvgIpc) is 3.18. The number of hydrogen-bond donors (Lipinski definition) is 0. The Bertz CT molecular complexity index is 919. The predicted molar refractivity (Wildman–Crippen MR) is 96.0 cm³/mol. The van der Waals surface area contributed by atoms with Gasteiger partial charge in [-0.2, -0.15) is 17.1 Å². The predicted octanol–water partition coefficient (Wildman–Crippen LogP) is 1.64. The summed E-state index contributed by atoms with van der Waals surface area (Å²) >= 11 is 5.92. The number of fused-ring (bicyclic) bond motifs is 3. The molecule has 1 atom stereocenters. The Balaban J connectivity index is 1.72. The molecule has 2 aromatic rings. The van der Waals surface area contributed by atoms with Gasteiger partial charge in [0.05, 0.1) is 42.9 Å². The van der Waals surface area contributed by atoms with Crippen molar-refractivity contribution in [1.29, 1.82) is 0 Å². The van der Waals surface area contributed by atoms with Crippen molar-refractivity contribution in [3.63, 3.8) is 0 Å². The van der Waals surface area contributed by atoms with Gasteiger partial charge in [0.25, 0.3) is 0 Å². The molecule has 1 aromatic carbocycles. The van der Waals surface area contributed by atoms with E-state index in [4.69, 9.17) is 21.1 Å². The summed E-state index contributed by atoms with van der Waals surface area (Å²) in [7, 11) is -3.73. The van der Waals surface area contributed by atoms with E-state index in [1.165, 1.54) is 10.5 Å². The molecule has 2 aliphatic rings. The second kappa shape index (κ2) is 6.60. The van der Waals surface area contributed by atoms with Gasteiger partial charge in [0, 0.05) is 18.5 Å². The van der Waals surface area contributed by atoms with Gasteiger partial charge in [-0.3, -0.25) is 0 Å². The first-order valence-electron chi connectivity index (χ1n) is 8.07. The van der Waals surface area contributed by atoms with Crippen LogP contribution in [-0.4, -0.2) is 61.8 Å². The fourth-order valence-electron chi connectivity index (χ4n) is 3.18. The number of alkyl halides is 1. The number of hydrogen-bond acceptors (Lipinski definition) is 4. The van der Waals surface area contributed by atoms with E-state index in [1.807, 2.05) is 28.8 Å². The normalized spacial score (nSPS) is 21.7. The van der Waals surface area contributed by atoms with Gasteiger partial charge in [-0.15, -0.1) is 11.6 Å². The van der Waals surface area contributed by atoms with E-state index in [1.54, 1.807) is 0 Å². The second-order valence-electron chi connectivity index (χ2n) is 5.96. The third kappa shape index (κ3) is 3.03. The zero-order chi connectivity index (χ0) is 17.4. The highest BCUT2D eigenvalue weighted by atomic mass is 35.5. The first kappa shape index (κ1) is 16.8. The van der Waals surface area contributed by atoms with Crippen LogP contribution in [-0.2, 0) is 21.5 Å². The Morgan fingerprint density at radius 2 is 2.04 bits per heavy atom. The smallest absolute Gasteiger partial charge is 0.322 e. The summed E-state index contributed by atoms with van der Waals surface area (Å²) in [6, 6.07) is 7.76. The summed E-state index contributed by atoms with van der Waals surface area (Å²) in [5, 5.41) is 0.909. The molecule has 2 aliphatic heterocycles. The quantitative estimate of drug-likeness (QED) is 0.594. The zero-order valence-corrected chi connectivity index (χ0v) is 15.0. The Kier molecular flexibility index (Phi) is 4.45. The average molecular weight is 384 g/mol. The number of halogens is 1. The Morgan fingerprint density at radius 1 is 1.28 bits per heavy atom. The van der Waals surface area contributed by atoms with Crippen molar-refractivity contribution < 1.29 is 17.9 Å². The zero-order valence-electron chi connectivity index (χ0n) is 13.5. The molecule has 0 aliphatic carbocycles. The van der Waals surface area contributed by atoms with E-state index in [0.29, 0.717) is 50.2 Å². The molecule has 0 amide bonds. The van der Waals surface area contributed by atoms with Gasteiger partial charge in [-0.25, -0.2) is 0 Å². The minimum Gasteiger partial charge on any atom is -0.472 e. The van der Waals surface area contributed by atoms with E-state index in [2.05, 4.69) is 4.40 Å². The van der Waals surface area contributed by atoms with Crippen molar-refractivity contribution in [2.24, 2.45) is 4.40 Å². The lowest BCUT2D eigenvalue weighted by Crippen LogP contribution is -2.39. The summed E-state index contributed by atoms with van der Waals surface area (Å²) in [5.41, 5.74) is 1.65. The van der Waals surface area contributed by atoms with Crippen LogP contribution in [0.15, 0.2) is 28.7 Å². The molecule has 1 aromatic heterocycles. The Labute approximate surface area is 151 Å². The maximum Gasteiger partial charge on any atom is 0.322 e. The maximum atomic E-state index is 12.4. The lowest BCUT2D eigenvalue weighted by Gasteiger charge is -2.23. The minimum absolute atomic E-state index is 0.121. The van der Waals surface area contributed by atoms with E-state index < -0.39 is 10.2 Å². The molecule has 0 spiro atoms. The van der Waals surface area contributed by atoms with Gasteiger partial charge in [-0.1, -0.05) is 18.2 Å². The molecule has 0 saturated carbocycles. The lowest BCUT2D eigenvalue weighted by molar-refractivity contribution is 0.0731. The van der Waals surface area contributed by atoms with Crippen LogP contribution in [0, 0.1) is 0 Å². The van der Waals surface area contributed by atoms with Crippen molar-refractivity contribution in [3.05, 3.63) is 29.8 Å². The molecule has 0 bridgehead atoms. The molecule has 0 N–H and O–H groups in total. The third-order valence-electron chi connectivity index (χ3n) is 4.41. The summed E-state index contributed by atoms with van der Waals surface area (Å²) in [6.45, 7) is 2.06. The fraction of sp³-hybridized carbons (Fsp3) is 0.438. The van der Waals surface area contributed by atoms with Crippen LogP contribution in [0.1, 0.15) is 5.56 Å². The molecule has 0 radical (unpaired) electrons. The van der Waals surface area contributed by atoms with Crippen molar-refractivity contribution in [2.75, 3.05) is 32.2 Å². The molecule has 134 valence electrons. The monoisotopic (exact) mass is 383 g/mol. The van der Waals surface area contributed by atoms with Crippen LogP contribution in [0.25, 0.3) is 10.9 Å². The van der Waals surface area contributed by atoms with Crippen LogP contribution in [0.3, 0.4) is 0 Å². The highest BCUT2D eigenvalue weighted by Crippen LogP contribution is 2.36. The summed E-state index contributed by atoms with van der Waals surface area (Å²) in [6.07, 6.45) is 1.26. The van der Waals surface area contributed by atoms with Crippen molar-refractivity contribution in [2.45, 2.75) is 12.6 Å². The Morgan fingerprint density at radius 3 is 2.80 bits per heavy atom. The summed E-state index contributed by atoms with van der Waals surface area (Å²) < 4.78 is 43.2. The molecular formula is C16H18ClN3O4S. The number of benzene rings is 1. The van der Waals surface area contributed by atoms with Gasteiger partial charge in [0.1, 0.15) is 6.10 Å². The topological polar surface area (TPSA) is 73.1 Å². The molecule has 9 heteroatoms. The number of aromatic nitrogens is 1. The fourth-order valence-corrected chi connectivity index (χ4v) is 4.33. The largest absolute Gasteiger partial charge is 0.472 e. The summed E-state index contributed by atoms with van der Waals surface area (Å²) in [5.74, 6) is 0.992. The van der Waals surface area contributed by atoms with Gasteiger partial charge < -0.3 is 14.0 Å². The van der Waals surface area contributed by atoms with Gasteiger partial charge in [0.15, 0.2) is 0 Å². The maximum absolute atomic E-state index is 12.4. The summed E-state index contributed by atoms with van der Waals surface area (Å²) in [4.78, 5) is 0. The van der Waals surface area contributed by atoms with Crippen LogP contribution in [0.4, 0.5) is 0 Å². The van der Waals surface area contributed by atoms with Crippen molar-refractivity contribution in [3.8, 4) is 5.88 Å². The van der Waals surface area contributed by atoms with E-state index in [-0.39, 0.29) is 6.10 Å². The van der Waals surface area contributed by atoms with Gasteiger partial charge in [0.2, 0.25) is 5.88 Å². The molecule has 3 heterocycles. The number of nitrogens with zero attached hydrogens (tertiary/aromatic N) is 3. The SMILES string of the molecule is O=S(=O)(/N=C/c1c2n(c3ccccc13)CC(CCl)O2)N1CCOCC1. The molecular weight excluding hydrogens is 366 g/mol. The first-order chi connectivity index (χ1) is 12.1. The third-order valence-corrected chi connectivity index (χ3v) is 6.14. The van der Waals surface area contributed by atoms with Gasteiger partial charge in [-0.05, 0) is 6.07 Å². The van der Waals surface area contributed by atoms with Crippen molar-refractivity contribution >= 4 is 38.9 Å². The van der Waals surface area contributed by atoms with Gasteiger partial charge >= 0.3 is 10.2 Å². The molecule has 1 unspecified atom stereocenters. The van der Waals surface area contributed by atoms with Crippen molar-refractivity contribution in [1.82, 2.24) is 8.87 Å². The van der Waals surface area contributed by atoms with E-state index >= 15 is 0 Å².